The van der Waals surface area contributed by atoms with Crippen LogP contribution in [-0.4, -0.2) is 71.5 Å². The number of carbonyl (C=O) groups is 3. The molecule has 3 aromatic rings. The number of alkyl halides is 3. The molecular weight excluding hydrogens is 689 g/mol. The Balaban J connectivity index is 1.83. The Bertz CT molecular complexity index is 1510. The third-order valence-corrected chi connectivity index (χ3v) is 7.48. The van der Waals surface area contributed by atoms with Crippen molar-refractivity contribution in [3.8, 4) is 0 Å². The van der Waals surface area contributed by atoms with Crippen molar-refractivity contribution in [2.75, 3.05) is 13.2 Å². The summed E-state index contributed by atoms with van der Waals surface area (Å²) in [5.41, 5.74) is 1.35. The summed E-state index contributed by atoms with van der Waals surface area (Å²) in [5.74, 6) is -3.04. The average molecular weight is 723 g/mol. The number of esters is 3. The molecule has 11 nitrogen and oxygen atoms in total. The maximum Gasteiger partial charge on any atom is 0.339 e. The molecule has 0 amide bonds. The number of nitrogens with one attached hydrogen (secondary N) is 1. The lowest BCUT2D eigenvalue weighted by Gasteiger charge is -2.45. The molecule has 256 valence electrons. The summed E-state index contributed by atoms with van der Waals surface area (Å²) in [7, 11) is 0. The van der Waals surface area contributed by atoms with E-state index in [1.54, 1.807) is 67.6 Å². The van der Waals surface area contributed by atoms with E-state index < -0.39 is 64.4 Å². The first-order valence-electron chi connectivity index (χ1n) is 14.9. The number of rotatable bonds is 13. The van der Waals surface area contributed by atoms with Crippen molar-refractivity contribution in [1.82, 2.24) is 0 Å². The lowest BCUT2D eigenvalue weighted by molar-refractivity contribution is -0.306. The molecule has 1 aliphatic heterocycles. The first-order valence-corrected chi connectivity index (χ1v) is 16.0. The smallest absolute Gasteiger partial charge is 0.339 e. The lowest BCUT2D eigenvalue weighted by atomic mass is 9.97. The highest BCUT2D eigenvalue weighted by Crippen LogP contribution is 2.36. The largest absolute Gasteiger partial charge is 0.464 e. The maximum atomic E-state index is 13.6. The second-order valence-corrected chi connectivity index (χ2v) is 12.7. The third kappa shape index (κ3) is 10.4. The molecule has 3 aromatic carbocycles. The summed E-state index contributed by atoms with van der Waals surface area (Å²) < 4.78 is 39.0. The van der Waals surface area contributed by atoms with Crippen LogP contribution in [0.3, 0.4) is 0 Å². The number of hydrogen-bond acceptors (Lipinski definition) is 11. The summed E-state index contributed by atoms with van der Waals surface area (Å²) in [6, 6.07) is 25.7. The zero-order valence-electron chi connectivity index (χ0n) is 26.0. The molecule has 1 fully saturated rings. The highest BCUT2D eigenvalue weighted by Gasteiger charge is 2.54. The number of benzene rings is 3. The summed E-state index contributed by atoms with van der Waals surface area (Å²) in [5, 5.41) is 8.32. The van der Waals surface area contributed by atoms with Crippen LogP contribution in [0.4, 0.5) is 0 Å². The first-order chi connectivity index (χ1) is 23.0. The van der Waals surface area contributed by atoms with Gasteiger partial charge < -0.3 is 33.2 Å². The predicted molar refractivity (Wildman–Crippen MR) is 176 cm³/mol. The van der Waals surface area contributed by atoms with Gasteiger partial charge in [-0.3, -0.25) is 10.2 Å². The molecule has 4 rings (SSSR count). The number of carbonyl (C=O) groups excluding carboxylic acids is 3. The Morgan fingerprint density at radius 3 is 2.02 bits per heavy atom. The van der Waals surface area contributed by atoms with Gasteiger partial charge in [-0.05, 0) is 30.2 Å². The van der Waals surface area contributed by atoms with Crippen molar-refractivity contribution in [1.29, 1.82) is 5.41 Å². The van der Waals surface area contributed by atoms with Crippen molar-refractivity contribution >= 4 is 58.6 Å². The first kappa shape index (κ1) is 37.1. The molecule has 1 unspecified atom stereocenters. The molecule has 1 aliphatic rings. The highest BCUT2D eigenvalue weighted by atomic mass is 35.6. The van der Waals surface area contributed by atoms with Crippen molar-refractivity contribution in [2.45, 2.75) is 61.1 Å². The Labute approximate surface area is 292 Å². The molecular formula is C34H34Cl3NO10. The van der Waals surface area contributed by atoms with E-state index in [9.17, 15) is 14.4 Å². The van der Waals surface area contributed by atoms with Crippen molar-refractivity contribution in [3.63, 3.8) is 0 Å². The minimum absolute atomic E-state index is 0.00697. The normalized spacial score (nSPS) is 21.4. The molecule has 0 aliphatic carbocycles. The standard InChI is InChI=1S/C34H34Cl3NO10/c1-3-42-31(41)26(23-15-9-5-10-16-23)46-29-28(47-30(40)24-17-11-6-12-18-24)27(44-19-22-13-7-4-8-14-22)25(20-43-21(2)39)45-32(29)48-33(38)34(35,36)37/h4-18,25-29,32,38H,3,19-20H2,1-2H3/t25-,26-,27-,28+,29-,32?/m1/s1. The van der Waals surface area contributed by atoms with Gasteiger partial charge in [0.15, 0.2) is 18.3 Å². The van der Waals surface area contributed by atoms with Crippen LogP contribution in [0.15, 0.2) is 91.0 Å². The fraction of sp³-hybridized carbons (Fsp3) is 0.353. The molecule has 0 bridgehead atoms. The van der Waals surface area contributed by atoms with Crippen molar-refractivity contribution in [2.24, 2.45) is 0 Å². The molecule has 0 saturated carbocycles. The van der Waals surface area contributed by atoms with E-state index in [4.69, 9.17) is 73.4 Å². The van der Waals surface area contributed by atoms with E-state index in [2.05, 4.69) is 0 Å². The van der Waals surface area contributed by atoms with Crippen LogP contribution in [0.5, 0.6) is 0 Å². The van der Waals surface area contributed by atoms with Crippen LogP contribution < -0.4 is 0 Å². The van der Waals surface area contributed by atoms with E-state index >= 15 is 0 Å². The Kier molecular flexibility index (Phi) is 13.6. The van der Waals surface area contributed by atoms with E-state index in [1.165, 1.54) is 6.92 Å². The van der Waals surface area contributed by atoms with Crippen LogP contribution in [-0.2, 0) is 49.4 Å². The second kappa shape index (κ2) is 17.6. The maximum absolute atomic E-state index is 13.6. The summed E-state index contributed by atoms with van der Waals surface area (Å²) >= 11 is 17.9. The van der Waals surface area contributed by atoms with Gasteiger partial charge in [-0.2, -0.15) is 0 Å². The number of ether oxygens (including phenoxy) is 7. The van der Waals surface area contributed by atoms with Crippen LogP contribution in [0.25, 0.3) is 0 Å². The van der Waals surface area contributed by atoms with Crippen LogP contribution in [0.1, 0.15) is 41.4 Å². The zero-order valence-corrected chi connectivity index (χ0v) is 28.2. The van der Waals surface area contributed by atoms with Gasteiger partial charge in [-0.15, -0.1) is 0 Å². The molecule has 14 heteroatoms. The monoisotopic (exact) mass is 721 g/mol. The summed E-state index contributed by atoms with van der Waals surface area (Å²) in [4.78, 5) is 38.9. The molecule has 0 aromatic heterocycles. The SMILES string of the molecule is CCOC(=O)[C@H](O[C@H]1C(OC(=N)C(Cl)(Cl)Cl)O[C@H](COC(C)=O)[C@@H](OCc2ccccc2)[C@@H]1OC(=O)c1ccccc1)c1ccccc1. The van der Waals surface area contributed by atoms with Gasteiger partial charge in [-0.1, -0.05) is 114 Å². The van der Waals surface area contributed by atoms with Gasteiger partial charge in [0.05, 0.1) is 18.8 Å². The predicted octanol–water partition coefficient (Wildman–Crippen LogP) is 6.14. The zero-order chi connectivity index (χ0) is 34.7. The number of hydrogen-bond donors (Lipinski definition) is 1. The Morgan fingerprint density at radius 2 is 1.44 bits per heavy atom. The minimum Gasteiger partial charge on any atom is -0.464 e. The van der Waals surface area contributed by atoms with E-state index in [-0.39, 0.29) is 25.4 Å². The molecule has 48 heavy (non-hydrogen) atoms. The van der Waals surface area contributed by atoms with Crippen molar-refractivity contribution < 1.29 is 47.5 Å². The molecule has 6 atom stereocenters. The minimum atomic E-state index is -2.34. The Morgan fingerprint density at radius 1 is 0.833 bits per heavy atom. The molecule has 0 radical (unpaired) electrons. The van der Waals surface area contributed by atoms with Crippen LogP contribution >= 0.6 is 34.8 Å². The quantitative estimate of drug-likeness (QED) is 0.0720. The van der Waals surface area contributed by atoms with Gasteiger partial charge >= 0.3 is 17.9 Å². The van der Waals surface area contributed by atoms with Gasteiger partial charge in [-0.25, -0.2) is 9.59 Å². The van der Waals surface area contributed by atoms with Crippen molar-refractivity contribution in [3.05, 3.63) is 108 Å². The fourth-order valence-corrected chi connectivity index (χ4v) is 4.91. The van der Waals surface area contributed by atoms with Gasteiger partial charge in [0.25, 0.3) is 3.79 Å². The van der Waals surface area contributed by atoms with Crippen LogP contribution in [0, 0.1) is 5.41 Å². The molecule has 1 saturated heterocycles. The second-order valence-electron chi connectivity index (χ2n) is 10.4. The fourth-order valence-electron chi connectivity index (χ4n) is 4.78. The third-order valence-electron chi connectivity index (χ3n) is 6.97. The highest BCUT2D eigenvalue weighted by molar-refractivity contribution is 6.76. The molecule has 1 heterocycles. The van der Waals surface area contributed by atoms with E-state index in [0.717, 1.165) is 5.56 Å². The Hall–Kier alpha value is -3.71. The lowest BCUT2D eigenvalue weighted by Crippen LogP contribution is -2.63. The van der Waals surface area contributed by atoms with Gasteiger partial charge in [0.2, 0.25) is 12.2 Å². The average Bonchev–Trinajstić information content (AvgIpc) is 3.07. The molecule has 0 spiro atoms. The van der Waals surface area contributed by atoms with E-state index in [0.29, 0.717) is 5.56 Å². The van der Waals surface area contributed by atoms with Gasteiger partial charge in [0, 0.05) is 6.92 Å². The summed E-state index contributed by atoms with van der Waals surface area (Å²) in [6.45, 7) is 2.49. The van der Waals surface area contributed by atoms with Crippen LogP contribution in [0.2, 0.25) is 0 Å². The topological polar surface area (TPSA) is 140 Å². The van der Waals surface area contributed by atoms with E-state index in [1.807, 2.05) is 30.3 Å². The number of halogens is 3. The van der Waals surface area contributed by atoms with Gasteiger partial charge in [0.1, 0.15) is 18.8 Å². The molecule has 1 N–H and O–H groups in total. The summed E-state index contributed by atoms with van der Waals surface area (Å²) in [6.07, 6.45) is -8.37.